The largest absolute Gasteiger partial charge is 0.377 e. The van der Waals surface area contributed by atoms with Crippen molar-refractivity contribution in [3.8, 4) is 0 Å². The van der Waals surface area contributed by atoms with Crippen molar-refractivity contribution in [1.82, 2.24) is 10.0 Å². The Balaban J connectivity index is 1.58. The van der Waals surface area contributed by atoms with E-state index in [-0.39, 0.29) is 23.5 Å². The molecule has 0 spiro atoms. The van der Waals surface area contributed by atoms with Gasteiger partial charge in [0.05, 0.1) is 11.0 Å². The fraction of sp³-hybridized carbons (Fsp3) is 0.350. The molecule has 144 valence electrons. The lowest BCUT2D eigenvalue weighted by Crippen LogP contribution is -2.31. The Morgan fingerprint density at radius 3 is 2.56 bits per heavy atom. The summed E-state index contributed by atoms with van der Waals surface area (Å²) in [6, 6.07) is 13.8. The molecular formula is C20H24N2O4S. The summed E-state index contributed by atoms with van der Waals surface area (Å²) in [4.78, 5) is 12.4. The highest BCUT2D eigenvalue weighted by atomic mass is 32.2. The molecule has 27 heavy (non-hydrogen) atoms. The minimum atomic E-state index is -3.61. The van der Waals surface area contributed by atoms with Crippen LogP contribution >= 0.6 is 0 Å². The SMILES string of the molecule is Cc1ccccc1CNC(=O)c1ccc(S(=O)(=O)NC[C@H]2CCCO2)cc1. The molecule has 1 saturated heterocycles. The van der Waals surface area contributed by atoms with Gasteiger partial charge in [-0.3, -0.25) is 4.79 Å². The molecule has 0 unspecified atom stereocenters. The molecule has 3 rings (SSSR count). The molecule has 2 aromatic carbocycles. The summed E-state index contributed by atoms with van der Waals surface area (Å²) in [6.45, 7) is 3.36. The van der Waals surface area contributed by atoms with Gasteiger partial charge in [-0.1, -0.05) is 24.3 Å². The molecule has 1 fully saturated rings. The van der Waals surface area contributed by atoms with E-state index in [1.807, 2.05) is 31.2 Å². The van der Waals surface area contributed by atoms with Crippen LogP contribution in [0, 0.1) is 6.92 Å². The molecule has 0 saturated carbocycles. The first-order valence-corrected chi connectivity index (χ1v) is 10.5. The van der Waals surface area contributed by atoms with E-state index in [4.69, 9.17) is 4.74 Å². The highest BCUT2D eigenvalue weighted by Gasteiger charge is 2.20. The highest BCUT2D eigenvalue weighted by molar-refractivity contribution is 7.89. The number of nitrogens with one attached hydrogen (secondary N) is 2. The molecule has 1 atom stereocenters. The second kappa shape index (κ2) is 8.65. The lowest BCUT2D eigenvalue weighted by Gasteiger charge is -2.12. The summed E-state index contributed by atoms with van der Waals surface area (Å²) < 4.78 is 32.7. The zero-order chi connectivity index (χ0) is 19.3. The number of hydrogen-bond donors (Lipinski definition) is 2. The zero-order valence-corrected chi connectivity index (χ0v) is 16.1. The average molecular weight is 388 g/mol. The highest BCUT2D eigenvalue weighted by Crippen LogP contribution is 2.14. The van der Waals surface area contributed by atoms with E-state index in [2.05, 4.69) is 10.0 Å². The van der Waals surface area contributed by atoms with Gasteiger partial charge in [0.25, 0.3) is 5.91 Å². The molecule has 0 aliphatic carbocycles. The first kappa shape index (κ1) is 19.5. The van der Waals surface area contributed by atoms with Crippen molar-refractivity contribution in [2.45, 2.75) is 37.3 Å². The fourth-order valence-corrected chi connectivity index (χ4v) is 4.03. The van der Waals surface area contributed by atoms with Crippen LogP contribution in [0.25, 0.3) is 0 Å². The lowest BCUT2D eigenvalue weighted by atomic mass is 10.1. The summed E-state index contributed by atoms with van der Waals surface area (Å²) in [6.07, 6.45) is 1.76. The van der Waals surface area contributed by atoms with Crippen LogP contribution in [0.3, 0.4) is 0 Å². The van der Waals surface area contributed by atoms with Crippen molar-refractivity contribution in [2.24, 2.45) is 0 Å². The maximum atomic E-state index is 12.4. The molecule has 0 bridgehead atoms. The third-order valence-electron chi connectivity index (χ3n) is 4.65. The van der Waals surface area contributed by atoms with Crippen molar-refractivity contribution >= 4 is 15.9 Å². The van der Waals surface area contributed by atoms with E-state index < -0.39 is 10.0 Å². The van der Waals surface area contributed by atoms with Gasteiger partial charge < -0.3 is 10.1 Å². The van der Waals surface area contributed by atoms with Gasteiger partial charge in [0.2, 0.25) is 10.0 Å². The van der Waals surface area contributed by atoms with Crippen molar-refractivity contribution in [2.75, 3.05) is 13.2 Å². The van der Waals surface area contributed by atoms with Crippen LogP contribution in [0.2, 0.25) is 0 Å². The standard InChI is InChI=1S/C20H24N2O4S/c1-15-5-2-3-6-17(15)13-21-20(23)16-8-10-19(11-9-16)27(24,25)22-14-18-7-4-12-26-18/h2-3,5-6,8-11,18,22H,4,7,12-14H2,1H3,(H,21,23)/t18-/m1/s1. The third-order valence-corrected chi connectivity index (χ3v) is 6.09. The molecule has 2 N–H and O–H groups in total. The van der Waals surface area contributed by atoms with E-state index >= 15 is 0 Å². The van der Waals surface area contributed by atoms with E-state index in [0.717, 1.165) is 24.0 Å². The van der Waals surface area contributed by atoms with Crippen LogP contribution in [-0.2, 0) is 21.3 Å². The molecule has 0 radical (unpaired) electrons. The van der Waals surface area contributed by atoms with E-state index in [0.29, 0.717) is 18.7 Å². The molecule has 1 aliphatic heterocycles. The van der Waals surface area contributed by atoms with Crippen molar-refractivity contribution in [3.05, 3.63) is 65.2 Å². The van der Waals surface area contributed by atoms with Crippen molar-refractivity contribution < 1.29 is 17.9 Å². The topological polar surface area (TPSA) is 84.5 Å². The van der Waals surface area contributed by atoms with Crippen LogP contribution in [-0.4, -0.2) is 33.6 Å². The minimum absolute atomic E-state index is 0.0636. The van der Waals surface area contributed by atoms with E-state index in [1.54, 1.807) is 0 Å². The van der Waals surface area contributed by atoms with Gasteiger partial charge in [0.1, 0.15) is 0 Å². The Morgan fingerprint density at radius 1 is 1.15 bits per heavy atom. The molecule has 1 aliphatic rings. The number of carbonyl (C=O) groups excluding carboxylic acids is 1. The van der Waals surface area contributed by atoms with Gasteiger partial charge in [0, 0.05) is 25.3 Å². The van der Waals surface area contributed by atoms with Crippen molar-refractivity contribution in [1.29, 1.82) is 0 Å². The van der Waals surface area contributed by atoms with Crippen LogP contribution in [0.4, 0.5) is 0 Å². The first-order chi connectivity index (χ1) is 13.0. The maximum absolute atomic E-state index is 12.4. The summed E-state index contributed by atoms with van der Waals surface area (Å²) in [5.74, 6) is -0.241. The Hall–Kier alpha value is -2.22. The molecular weight excluding hydrogens is 364 g/mol. The van der Waals surface area contributed by atoms with Crippen LogP contribution < -0.4 is 10.0 Å². The second-order valence-corrected chi connectivity index (χ2v) is 8.39. The molecule has 2 aromatic rings. The second-order valence-electron chi connectivity index (χ2n) is 6.62. The summed E-state index contributed by atoms with van der Waals surface area (Å²) in [5, 5.41) is 2.86. The molecule has 6 nitrogen and oxygen atoms in total. The van der Waals surface area contributed by atoms with Gasteiger partial charge in [0.15, 0.2) is 0 Å². The fourth-order valence-electron chi connectivity index (χ4n) is 2.96. The maximum Gasteiger partial charge on any atom is 0.251 e. The number of aryl methyl sites for hydroxylation is 1. The first-order valence-electron chi connectivity index (χ1n) is 9.00. The number of rotatable bonds is 7. The van der Waals surface area contributed by atoms with Crippen LogP contribution in [0.1, 0.15) is 34.3 Å². The van der Waals surface area contributed by atoms with Crippen molar-refractivity contribution in [3.63, 3.8) is 0 Å². The van der Waals surface area contributed by atoms with Gasteiger partial charge >= 0.3 is 0 Å². The minimum Gasteiger partial charge on any atom is -0.377 e. The average Bonchev–Trinajstić information content (AvgIpc) is 3.19. The smallest absolute Gasteiger partial charge is 0.251 e. The predicted molar refractivity (Wildman–Crippen MR) is 103 cm³/mol. The molecule has 0 aromatic heterocycles. The Kier molecular flexibility index (Phi) is 6.26. The van der Waals surface area contributed by atoms with E-state index in [1.165, 1.54) is 24.3 Å². The normalized spacial score (nSPS) is 17.0. The number of amides is 1. The number of hydrogen-bond acceptors (Lipinski definition) is 4. The Labute approximate surface area is 160 Å². The molecule has 1 amide bonds. The van der Waals surface area contributed by atoms with Gasteiger partial charge in [-0.15, -0.1) is 0 Å². The van der Waals surface area contributed by atoms with Gasteiger partial charge in [-0.05, 0) is 55.2 Å². The summed E-state index contributed by atoms with van der Waals surface area (Å²) in [7, 11) is -3.61. The predicted octanol–water partition coefficient (Wildman–Crippen LogP) is 2.38. The number of ether oxygens (including phenoxy) is 1. The van der Waals surface area contributed by atoms with Crippen LogP contribution in [0.15, 0.2) is 53.4 Å². The Morgan fingerprint density at radius 2 is 1.89 bits per heavy atom. The Bertz CT molecular complexity index is 888. The van der Waals surface area contributed by atoms with E-state index in [9.17, 15) is 13.2 Å². The lowest BCUT2D eigenvalue weighted by molar-refractivity contribution is 0.0950. The quantitative estimate of drug-likeness (QED) is 0.763. The molecule has 7 heteroatoms. The van der Waals surface area contributed by atoms with Gasteiger partial charge in [-0.2, -0.15) is 0 Å². The number of benzene rings is 2. The third kappa shape index (κ3) is 5.15. The summed E-state index contributed by atoms with van der Waals surface area (Å²) in [5.41, 5.74) is 2.57. The zero-order valence-electron chi connectivity index (χ0n) is 15.3. The summed E-state index contributed by atoms with van der Waals surface area (Å²) >= 11 is 0. The number of sulfonamides is 1. The number of carbonyl (C=O) groups is 1. The van der Waals surface area contributed by atoms with Gasteiger partial charge in [-0.25, -0.2) is 13.1 Å². The van der Waals surface area contributed by atoms with Crippen LogP contribution in [0.5, 0.6) is 0 Å². The molecule has 1 heterocycles. The monoisotopic (exact) mass is 388 g/mol.